The molecule has 0 saturated heterocycles. The number of aromatic amines is 1. The van der Waals surface area contributed by atoms with Gasteiger partial charge in [-0.3, -0.25) is 9.89 Å². The Morgan fingerprint density at radius 3 is 2.91 bits per heavy atom. The van der Waals surface area contributed by atoms with Gasteiger partial charge in [-0.2, -0.15) is 0 Å². The van der Waals surface area contributed by atoms with E-state index in [0.29, 0.717) is 35.0 Å². The molecule has 122 valence electrons. The van der Waals surface area contributed by atoms with E-state index in [-0.39, 0.29) is 5.91 Å². The van der Waals surface area contributed by atoms with Crippen LogP contribution in [0.3, 0.4) is 0 Å². The second-order valence-corrected chi connectivity index (χ2v) is 6.60. The standard InChI is InChI=1S/C15H17ClN4O2S/c16-11-3-5-12(6-4-11)22-8-7-17-13(21)9-23-15-18-14(19-20-15)10-1-2-10/h3-6,10H,1-2,7-9H2,(H,17,21)(H,18,19,20). The third kappa shape index (κ3) is 5.14. The molecule has 3 rings (SSSR count). The molecule has 1 aromatic heterocycles. The summed E-state index contributed by atoms with van der Waals surface area (Å²) in [5.41, 5.74) is 0. The van der Waals surface area contributed by atoms with Crippen molar-refractivity contribution in [2.24, 2.45) is 0 Å². The van der Waals surface area contributed by atoms with Crippen molar-refractivity contribution < 1.29 is 9.53 Å². The summed E-state index contributed by atoms with van der Waals surface area (Å²) in [6.45, 7) is 0.855. The lowest BCUT2D eigenvalue weighted by molar-refractivity contribution is -0.118. The molecular formula is C15H17ClN4O2S. The molecule has 0 spiro atoms. The molecule has 2 aromatic rings. The van der Waals surface area contributed by atoms with Crippen LogP contribution in [0.25, 0.3) is 0 Å². The van der Waals surface area contributed by atoms with Crippen LogP contribution in [-0.2, 0) is 4.79 Å². The van der Waals surface area contributed by atoms with E-state index in [1.165, 1.54) is 24.6 Å². The Morgan fingerprint density at radius 2 is 2.17 bits per heavy atom. The van der Waals surface area contributed by atoms with Gasteiger partial charge < -0.3 is 10.1 Å². The van der Waals surface area contributed by atoms with Crippen LogP contribution in [0, 0.1) is 0 Å². The van der Waals surface area contributed by atoms with E-state index in [4.69, 9.17) is 16.3 Å². The summed E-state index contributed by atoms with van der Waals surface area (Å²) in [7, 11) is 0. The minimum Gasteiger partial charge on any atom is -0.492 e. The van der Waals surface area contributed by atoms with E-state index in [0.717, 1.165) is 11.6 Å². The van der Waals surface area contributed by atoms with Crippen molar-refractivity contribution in [2.45, 2.75) is 23.9 Å². The quantitative estimate of drug-likeness (QED) is 0.564. The van der Waals surface area contributed by atoms with Crippen molar-refractivity contribution in [3.8, 4) is 5.75 Å². The predicted molar refractivity (Wildman–Crippen MR) is 89.0 cm³/mol. The van der Waals surface area contributed by atoms with E-state index in [9.17, 15) is 4.79 Å². The van der Waals surface area contributed by atoms with Gasteiger partial charge in [0.15, 0.2) is 0 Å². The molecule has 2 N–H and O–H groups in total. The van der Waals surface area contributed by atoms with Gasteiger partial charge in [-0.1, -0.05) is 23.4 Å². The van der Waals surface area contributed by atoms with Gasteiger partial charge in [0.2, 0.25) is 11.1 Å². The van der Waals surface area contributed by atoms with Crippen LogP contribution in [0.2, 0.25) is 5.02 Å². The second kappa shape index (κ2) is 7.70. The van der Waals surface area contributed by atoms with Crippen molar-refractivity contribution in [1.82, 2.24) is 20.5 Å². The highest BCUT2D eigenvalue weighted by molar-refractivity contribution is 7.99. The fraction of sp³-hybridized carbons (Fsp3) is 0.400. The minimum absolute atomic E-state index is 0.0625. The third-order valence-corrected chi connectivity index (χ3v) is 4.38. The first kappa shape index (κ1) is 16.1. The van der Waals surface area contributed by atoms with Crippen molar-refractivity contribution in [3.63, 3.8) is 0 Å². The van der Waals surface area contributed by atoms with Crippen LogP contribution in [0.15, 0.2) is 29.4 Å². The number of carbonyl (C=O) groups excluding carboxylic acids is 1. The lowest BCUT2D eigenvalue weighted by Gasteiger charge is -2.07. The van der Waals surface area contributed by atoms with Crippen LogP contribution in [0.1, 0.15) is 24.6 Å². The monoisotopic (exact) mass is 352 g/mol. The number of nitrogens with zero attached hydrogens (tertiary/aromatic N) is 2. The Kier molecular flexibility index (Phi) is 5.40. The number of rotatable bonds is 8. The predicted octanol–water partition coefficient (Wildman–Crippen LogP) is 2.62. The number of ether oxygens (including phenoxy) is 1. The van der Waals surface area contributed by atoms with Gasteiger partial charge in [-0.15, -0.1) is 5.10 Å². The minimum atomic E-state index is -0.0625. The lowest BCUT2D eigenvalue weighted by Crippen LogP contribution is -2.29. The van der Waals surface area contributed by atoms with E-state index in [2.05, 4.69) is 20.5 Å². The highest BCUT2D eigenvalue weighted by atomic mass is 35.5. The average molecular weight is 353 g/mol. The van der Waals surface area contributed by atoms with Crippen molar-refractivity contribution in [3.05, 3.63) is 35.1 Å². The maximum absolute atomic E-state index is 11.8. The Labute approximate surface area is 143 Å². The van der Waals surface area contributed by atoms with Gasteiger partial charge >= 0.3 is 0 Å². The number of hydrogen-bond acceptors (Lipinski definition) is 5. The zero-order valence-corrected chi connectivity index (χ0v) is 14.0. The highest BCUT2D eigenvalue weighted by Crippen LogP contribution is 2.38. The summed E-state index contributed by atoms with van der Waals surface area (Å²) < 4.78 is 5.50. The molecule has 0 aliphatic heterocycles. The third-order valence-electron chi connectivity index (χ3n) is 3.29. The largest absolute Gasteiger partial charge is 0.492 e. The number of carbonyl (C=O) groups is 1. The molecule has 0 radical (unpaired) electrons. The Morgan fingerprint density at radius 1 is 1.39 bits per heavy atom. The van der Waals surface area contributed by atoms with Crippen LogP contribution < -0.4 is 10.1 Å². The van der Waals surface area contributed by atoms with Gasteiger partial charge in [0.25, 0.3) is 0 Å². The second-order valence-electron chi connectivity index (χ2n) is 5.22. The number of thioether (sulfide) groups is 1. The summed E-state index contributed by atoms with van der Waals surface area (Å²) in [5.74, 6) is 2.43. The number of hydrogen-bond donors (Lipinski definition) is 2. The van der Waals surface area contributed by atoms with Gasteiger partial charge in [0, 0.05) is 10.9 Å². The van der Waals surface area contributed by atoms with Crippen molar-refractivity contribution in [2.75, 3.05) is 18.9 Å². The zero-order valence-electron chi connectivity index (χ0n) is 12.4. The molecule has 1 aliphatic rings. The van der Waals surface area contributed by atoms with Crippen LogP contribution in [0.4, 0.5) is 0 Å². The molecular weight excluding hydrogens is 336 g/mol. The summed E-state index contributed by atoms with van der Waals surface area (Å²) in [4.78, 5) is 16.1. The molecule has 6 nitrogen and oxygen atoms in total. The van der Waals surface area contributed by atoms with Gasteiger partial charge in [-0.05, 0) is 37.1 Å². The molecule has 0 bridgehead atoms. The number of aromatic nitrogens is 3. The fourth-order valence-electron chi connectivity index (χ4n) is 1.93. The first-order valence-electron chi connectivity index (χ1n) is 7.41. The fourth-order valence-corrected chi connectivity index (χ4v) is 2.69. The molecule has 1 saturated carbocycles. The van der Waals surface area contributed by atoms with Crippen molar-refractivity contribution in [1.29, 1.82) is 0 Å². The normalized spacial score (nSPS) is 13.8. The summed E-state index contributed by atoms with van der Waals surface area (Å²) >= 11 is 7.12. The van der Waals surface area contributed by atoms with E-state index in [1.807, 2.05) is 0 Å². The van der Waals surface area contributed by atoms with E-state index in [1.54, 1.807) is 24.3 Å². The smallest absolute Gasteiger partial charge is 0.230 e. The zero-order chi connectivity index (χ0) is 16.1. The number of amides is 1. The molecule has 0 unspecified atom stereocenters. The van der Waals surface area contributed by atoms with Gasteiger partial charge in [0.05, 0.1) is 12.3 Å². The number of H-pyrrole nitrogens is 1. The molecule has 1 aromatic carbocycles. The lowest BCUT2D eigenvalue weighted by atomic mass is 10.3. The molecule has 1 heterocycles. The molecule has 1 amide bonds. The van der Waals surface area contributed by atoms with Crippen molar-refractivity contribution >= 4 is 29.3 Å². The summed E-state index contributed by atoms with van der Waals surface area (Å²) in [5, 5.41) is 11.1. The Balaban J connectivity index is 1.30. The maximum atomic E-state index is 11.8. The molecule has 1 aliphatic carbocycles. The number of benzene rings is 1. The van der Waals surface area contributed by atoms with Gasteiger partial charge in [-0.25, -0.2) is 4.98 Å². The summed E-state index contributed by atoms with van der Waals surface area (Å²) in [6, 6.07) is 7.11. The Hall–Kier alpha value is -1.73. The van der Waals surface area contributed by atoms with Crippen LogP contribution in [-0.4, -0.2) is 40.0 Å². The first-order chi connectivity index (χ1) is 11.2. The summed E-state index contributed by atoms with van der Waals surface area (Å²) in [6.07, 6.45) is 2.35. The molecule has 0 atom stereocenters. The average Bonchev–Trinajstić information content (AvgIpc) is 3.30. The van der Waals surface area contributed by atoms with E-state index >= 15 is 0 Å². The number of halogens is 1. The maximum Gasteiger partial charge on any atom is 0.230 e. The highest BCUT2D eigenvalue weighted by Gasteiger charge is 2.27. The van der Waals surface area contributed by atoms with E-state index < -0.39 is 0 Å². The van der Waals surface area contributed by atoms with Gasteiger partial charge in [0.1, 0.15) is 18.2 Å². The Bertz CT molecular complexity index is 658. The van der Waals surface area contributed by atoms with Crippen LogP contribution in [0.5, 0.6) is 5.75 Å². The first-order valence-corrected chi connectivity index (χ1v) is 8.77. The topological polar surface area (TPSA) is 79.9 Å². The van der Waals surface area contributed by atoms with Crippen LogP contribution >= 0.6 is 23.4 Å². The molecule has 23 heavy (non-hydrogen) atoms. The number of nitrogens with one attached hydrogen (secondary N) is 2. The SMILES string of the molecule is O=C(CSc1n[nH]c(C2CC2)n1)NCCOc1ccc(Cl)cc1. The molecule has 8 heteroatoms. The molecule has 1 fully saturated rings.